The normalized spacial score (nSPS) is 16.9. The van der Waals surface area contributed by atoms with Crippen LogP contribution in [0.1, 0.15) is 12.0 Å². The van der Waals surface area contributed by atoms with Crippen LogP contribution in [0.25, 0.3) is 0 Å². The molecule has 3 rings (SSSR count). The zero-order valence-electron chi connectivity index (χ0n) is 18.5. The van der Waals surface area contributed by atoms with Gasteiger partial charge in [-0.2, -0.15) is 0 Å². The number of methoxy groups -OCH3 is 1. The van der Waals surface area contributed by atoms with Crippen LogP contribution in [0.3, 0.4) is 0 Å². The van der Waals surface area contributed by atoms with Crippen molar-refractivity contribution in [1.29, 1.82) is 0 Å². The van der Waals surface area contributed by atoms with Gasteiger partial charge in [0.05, 0.1) is 12.0 Å². The molecule has 0 saturated carbocycles. The van der Waals surface area contributed by atoms with E-state index in [9.17, 15) is 8.42 Å². The van der Waals surface area contributed by atoms with Crippen molar-refractivity contribution >= 4 is 21.5 Å². The molecule has 0 aliphatic carbocycles. The second kappa shape index (κ2) is 10.5. The summed E-state index contributed by atoms with van der Waals surface area (Å²) in [6, 6.07) is 15.2. The van der Waals surface area contributed by atoms with Crippen LogP contribution in [-0.4, -0.2) is 61.0 Å². The summed E-state index contributed by atoms with van der Waals surface area (Å²) in [5.41, 5.74) is 2.28. The van der Waals surface area contributed by atoms with E-state index in [-0.39, 0.29) is 0 Å². The number of guanidine groups is 1. The SMILES string of the molecule is CN=C(NCCc1ccc(S(C)(=O)=O)cc1)NCC1CCN(c2cccc(OC)c2)C1. The zero-order valence-corrected chi connectivity index (χ0v) is 19.3. The molecule has 2 aromatic carbocycles. The van der Waals surface area contributed by atoms with Gasteiger partial charge in [0.15, 0.2) is 15.8 Å². The number of nitrogens with zero attached hydrogens (tertiary/aromatic N) is 2. The highest BCUT2D eigenvalue weighted by Crippen LogP contribution is 2.26. The van der Waals surface area contributed by atoms with Crippen LogP contribution in [0.15, 0.2) is 58.4 Å². The maximum Gasteiger partial charge on any atom is 0.190 e. The Kier molecular flexibility index (Phi) is 7.79. The van der Waals surface area contributed by atoms with Crippen molar-refractivity contribution in [2.45, 2.75) is 17.7 Å². The fraction of sp³-hybridized carbons (Fsp3) is 0.435. The average molecular weight is 445 g/mol. The van der Waals surface area contributed by atoms with Gasteiger partial charge in [-0.15, -0.1) is 0 Å². The first-order valence-electron chi connectivity index (χ1n) is 10.5. The third-order valence-corrected chi connectivity index (χ3v) is 6.67. The van der Waals surface area contributed by atoms with Crippen LogP contribution in [0.2, 0.25) is 0 Å². The van der Waals surface area contributed by atoms with Crippen molar-refractivity contribution in [2.24, 2.45) is 10.9 Å². The molecule has 0 bridgehead atoms. The third-order valence-electron chi connectivity index (χ3n) is 5.54. The Labute approximate surface area is 185 Å². The number of anilines is 1. The molecule has 0 amide bonds. The monoisotopic (exact) mass is 444 g/mol. The smallest absolute Gasteiger partial charge is 0.190 e. The molecule has 1 aliphatic rings. The summed E-state index contributed by atoms with van der Waals surface area (Å²) in [6.45, 7) is 3.63. The Morgan fingerprint density at radius 2 is 1.97 bits per heavy atom. The quantitative estimate of drug-likeness (QED) is 0.480. The number of hydrogen-bond donors (Lipinski definition) is 2. The molecule has 0 radical (unpaired) electrons. The minimum absolute atomic E-state index is 0.348. The lowest BCUT2D eigenvalue weighted by Gasteiger charge is -2.20. The Morgan fingerprint density at radius 1 is 1.19 bits per heavy atom. The maximum atomic E-state index is 11.6. The predicted octanol–water partition coefficient (Wildman–Crippen LogP) is 2.33. The van der Waals surface area contributed by atoms with Crippen LogP contribution < -0.4 is 20.3 Å². The first-order valence-corrected chi connectivity index (χ1v) is 12.4. The summed E-state index contributed by atoms with van der Waals surface area (Å²) < 4.78 is 28.4. The van der Waals surface area contributed by atoms with Crippen LogP contribution in [0.4, 0.5) is 5.69 Å². The van der Waals surface area contributed by atoms with E-state index in [1.165, 1.54) is 11.9 Å². The summed E-state index contributed by atoms with van der Waals surface area (Å²) >= 11 is 0. The first-order chi connectivity index (χ1) is 14.9. The molecule has 8 heteroatoms. The molecule has 1 saturated heterocycles. The van der Waals surface area contributed by atoms with Crippen molar-refractivity contribution in [3.8, 4) is 5.75 Å². The van der Waals surface area contributed by atoms with Crippen molar-refractivity contribution in [1.82, 2.24) is 10.6 Å². The highest BCUT2D eigenvalue weighted by Gasteiger charge is 2.23. The summed E-state index contributed by atoms with van der Waals surface area (Å²) in [6.07, 6.45) is 3.14. The Morgan fingerprint density at radius 3 is 2.65 bits per heavy atom. The minimum atomic E-state index is -3.15. The van der Waals surface area contributed by atoms with E-state index in [0.29, 0.717) is 10.8 Å². The first kappa shape index (κ1) is 22.9. The number of rotatable bonds is 8. The molecule has 2 N–H and O–H groups in total. The lowest BCUT2D eigenvalue weighted by atomic mass is 10.1. The van der Waals surface area contributed by atoms with Crippen molar-refractivity contribution in [2.75, 3.05) is 51.5 Å². The number of sulfone groups is 1. The van der Waals surface area contributed by atoms with E-state index in [2.05, 4.69) is 32.7 Å². The summed E-state index contributed by atoms with van der Waals surface area (Å²) in [7, 11) is 0.312. The third kappa shape index (κ3) is 6.62. The Hall–Kier alpha value is -2.74. The van der Waals surface area contributed by atoms with Gasteiger partial charge in [0.2, 0.25) is 0 Å². The molecule has 1 fully saturated rings. The van der Waals surface area contributed by atoms with Crippen molar-refractivity contribution in [3.05, 3.63) is 54.1 Å². The van der Waals surface area contributed by atoms with Crippen molar-refractivity contribution < 1.29 is 13.2 Å². The van der Waals surface area contributed by atoms with E-state index in [1.54, 1.807) is 26.3 Å². The fourth-order valence-electron chi connectivity index (χ4n) is 3.73. The second-order valence-electron chi connectivity index (χ2n) is 7.85. The summed E-state index contributed by atoms with van der Waals surface area (Å²) in [5, 5.41) is 6.76. The highest BCUT2D eigenvalue weighted by molar-refractivity contribution is 7.90. The molecule has 1 atom stereocenters. The lowest BCUT2D eigenvalue weighted by molar-refractivity contribution is 0.415. The number of hydrogen-bond acceptors (Lipinski definition) is 5. The predicted molar refractivity (Wildman–Crippen MR) is 126 cm³/mol. The number of aliphatic imine (C=N–C) groups is 1. The molecule has 2 aromatic rings. The molecule has 1 aliphatic heterocycles. The standard InChI is InChI=1S/C23H32N4O3S/c1-24-23(25-13-11-18-7-9-22(10-8-18)31(3,28)29)26-16-19-12-14-27(17-19)20-5-4-6-21(15-20)30-2/h4-10,15,19H,11-14,16-17H2,1-3H3,(H2,24,25,26). The van der Waals surface area contributed by atoms with Gasteiger partial charge in [-0.3, -0.25) is 4.99 Å². The maximum absolute atomic E-state index is 11.6. The molecule has 7 nitrogen and oxygen atoms in total. The van der Waals surface area contributed by atoms with E-state index in [0.717, 1.165) is 56.3 Å². The molecular weight excluding hydrogens is 412 g/mol. The molecule has 0 spiro atoms. The van der Waals surface area contributed by atoms with Gasteiger partial charge in [-0.05, 0) is 48.6 Å². The molecule has 1 heterocycles. The van der Waals surface area contributed by atoms with Gasteiger partial charge >= 0.3 is 0 Å². The largest absolute Gasteiger partial charge is 0.497 e. The lowest BCUT2D eigenvalue weighted by Crippen LogP contribution is -2.41. The van der Waals surface area contributed by atoms with Gasteiger partial charge in [-0.25, -0.2) is 8.42 Å². The fourth-order valence-corrected chi connectivity index (χ4v) is 4.36. The van der Waals surface area contributed by atoms with Gasteiger partial charge in [0, 0.05) is 51.2 Å². The van der Waals surface area contributed by atoms with E-state index in [4.69, 9.17) is 4.74 Å². The van der Waals surface area contributed by atoms with E-state index in [1.807, 2.05) is 24.3 Å². The minimum Gasteiger partial charge on any atom is -0.497 e. The van der Waals surface area contributed by atoms with Crippen LogP contribution in [0.5, 0.6) is 5.75 Å². The molecule has 168 valence electrons. The number of nitrogens with one attached hydrogen (secondary N) is 2. The van der Waals surface area contributed by atoms with Gasteiger partial charge in [0.25, 0.3) is 0 Å². The van der Waals surface area contributed by atoms with Crippen LogP contribution in [0, 0.1) is 5.92 Å². The topological polar surface area (TPSA) is 83.0 Å². The van der Waals surface area contributed by atoms with Gasteiger partial charge in [-0.1, -0.05) is 18.2 Å². The number of ether oxygens (including phenoxy) is 1. The second-order valence-corrected chi connectivity index (χ2v) is 9.86. The molecule has 31 heavy (non-hydrogen) atoms. The molecule has 0 aromatic heterocycles. The summed E-state index contributed by atoms with van der Waals surface area (Å²) in [4.78, 5) is 7.05. The number of benzene rings is 2. The Bertz CT molecular complexity index is 990. The van der Waals surface area contributed by atoms with Gasteiger partial charge in [0.1, 0.15) is 5.75 Å². The van der Waals surface area contributed by atoms with Crippen LogP contribution >= 0.6 is 0 Å². The van der Waals surface area contributed by atoms with Gasteiger partial charge < -0.3 is 20.3 Å². The van der Waals surface area contributed by atoms with E-state index < -0.39 is 9.84 Å². The molecular formula is C23H32N4O3S. The van der Waals surface area contributed by atoms with E-state index >= 15 is 0 Å². The Balaban J connectivity index is 1.41. The molecule has 1 unspecified atom stereocenters. The highest BCUT2D eigenvalue weighted by atomic mass is 32.2. The zero-order chi connectivity index (χ0) is 22.3. The average Bonchev–Trinajstić information content (AvgIpc) is 3.25. The van der Waals surface area contributed by atoms with Crippen LogP contribution in [-0.2, 0) is 16.3 Å². The summed E-state index contributed by atoms with van der Waals surface area (Å²) in [5.74, 6) is 2.22. The van der Waals surface area contributed by atoms with Crippen molar-refractivity contribution in [3.63, 3.8) is 0 Å².